The van der Waals surface area contributed by atoms with Crippen molar-refractivity contribution in [3.8, 4) is 0 Å². The molecule has 0 bridgehead atoms. The van der Waals surface area contributed by atoms with Gasteiger partial charge in [0.1, 0.15) is 0 Å². The summed E-state index contributed by atoms with van der Waals surface area (Å²) in [7, 11) is 0. The van der Waals surface area contributed by atoms with Crippen LogP contribution in [0.3, 0.4) is 0 Å². The summed E-state index contributed by atoms with van der Waals surface area (Å²) in [5.41, 5.74) is 3.16. The standard InChI is InChI=1S/C18H18BrNO/c19-12-14-6-8-16(9-7-14)18(21)20(17-10-11-17)13-15-4-2-1-3-5-15/h1-9,17H,10-13H2. The minimum Gasteiger partial charge on any atom is -0.331 e. The zero-order valence-corrected chi connectivity index (χ0v) is 13.4. The van der Waals surface area contributed by atoms with Crippen molar-refractivity contribution < 1.29 is 4.79 Å². The molecule has 1 saturated carbocycles. The van der Waals surface area contributed by atoms with Crippen molar-refractivity contribution >= 4 is 21.8 Å². The van der Waals surface area contributed by atoms with Crippen LogP contribution in [0.25, 0.3) is 0 Å². The van der Waals surface area contributed by atoms with Gasteiger partial charge in [0.2, 0.25) is 0 Å². The molecule has 0 N–H and O–H groups in total. The van der Waals surface area contributed by atoms with Crippen molar-refractivity contribution in [3.05, 3.63) is 71.3 Å². The summed E-state index contributed by atoms with van der Waals surface area (Å²) in [4.78, 5) is 14.8. The first-order chi connectivity index (χ1) is 10.3. The second-order valence-electron chi connectivity index (χ2n) is 5.48. The Hall–Kier alpha value is -1.61. The second-order valence-corrected chi connectivity index (χ2v) is 6.04. The van der Waals surface area contributed by atoms with Gasteiger partial charge in [-0.05, 0) is 36.1 Å². The molecule has 0 radical (unpaired) electrons. The molecule has 3 rings (SSSR count). The second kappa shape index (κ2) is 6.44. The Labute approximate surface area is 133 Å². The third kappa shape index (κ3) is 3.53. The van der Waals surface area contributed by atoms with Gasteiger partial charge in [-0.1, -0.05) is 58.4 Å². The van der Waals surface area contributed by atoms with Crippen molar-refractivity contribution in [1.82, 2.24) is 4.90 Å². The maximum absolute atomic E-state index is 12.7. The van der Waals surface area contributed by atoms with Crippen LogP contribution in [0.15, 0.2) is 54.6 Å². The molecule has 108 valence electrons. The highest BCUT2D eigenvalue weighted by atomic mass is 79.9. The summed E-state index contributed by atoms with van der Waals surface area (Å²) in [6.07, 6.45) is 2.25. The topological polar surface area (TPSA) is 20.3 Å². The highest BCUT2D eigenvalue weighted by Crippen LogP contribution is 2.30. The van der Waals surface area contributed by atoms with Crippen LogP contribution in [0.4, 0.5) is 0 Å². The molecule has 21 heavy (non-hydrogen) atoms. The number of rotatable bonds is 5. The highest BCUT2D eigenvalue weighted by molar-refractivity contribution is 9.08. The Morgan fingerprint density at radius 1 is 1.00 bits per heavy atom. The Bertz CT molecular complexity index is 605. The molecule has 1 amide bonds. The molecule has 0 atom stereocenters. The van der Waals surface area contributed by atoms with E-state index in [0.29, 0.717) is 12.6 Å². The minimum absolute atomic E-state index is 0.141. The molecule has 2 aromatic carbocycles. The van der Waals surface area contributed by atoms with Crippen molar-refractivity contribution in [1.29, 1.82) is 0 Å². The zero-order chi connectivity index (χ0) is 14.7. The lowest BCUT2D eigenvalue weighted by Crippen LogP contribution is -2.32. The monoisotopic (exact) mass is 343 g/mol. The predicted molar refractivity (Wildman–Crippen MR) is 88.4 cm³/mol. The Morgan fingerprint density at radius 3 is 2.24 bits per heavy atom. The van der Waals surface area contributed by atoms with E-state index >= 15 is 0 Å². The van der Waals surface area contributed by atoms with Crippen LogP contribution in [0.5, 0.6) is 0 Å². The number of benzene rings is 2. The summed E-state index contributed by atoms with van der Waals surface area (Å²) < 4.78 is 0. The molecule has 0 saturated heterocycles. The van der Waals surface area contributed by atoms with E-state index in [1.165, 1.54) is 11.1 Å². The van der Waals surface area contributed by atoms with Crippen molar-refractivity contribution in [2.45, 2.75) is 30.8 Å². The van der Waals surface area contributed by atoms with Gasteiger partial charge in [0.05, 0.1) is 0 Å². The Kier molecular flexibility index (Phi) is 4.39. The van der Waals surface area contributed by atoms with E-state index in [-0.39, 0.29) is 5.91 Å². The zero-order valence-electron chi connectivity index (χ0n) is 11.8. The number of hydrogen-bond donors (Lipinski definition) is 0. The fraction of sp³-hybridized carbons (Fsp3) is 0.278. The first-order valence-electron chi connectivity index (χ1n) is 7.28. The summed E-state index contributed by atoms with van der Waals surface area (Å²) in [5.74, 6) is 0.141. The summed E-state index contributed by atoms with van der Waals surface area (Å²) in [6.45, 7) is 0.699. The summed E-state index contributed by atoms with van der Waals surface area (Å²) >= 11 is 3.43. The smallest absolute Gasteiger partial charge is 0.254 e. The van der Waals surface area contributed by atoms with E-state index in [1.54, 1.807) is 0 Å². The van der Waals surface area contributed by atoms with E-state index in [4.69, 9.17) is 0 Å². The number of hydrogen-bond acceptors (Lipinski definition) is 1. The van der Waals surface area contributed by atoms with Crippen LogP contribution in [0.2, 0.25) is 0 Å². The number of amides is 1. The van der Waals surface area contributed by atoms with E-state index in [1.807, 2.05) is 47.4 Å². The molecule has 2 aromatic rings. The number of nitrogens with zero attached hydrogens (tertiary/aromatic N) is 1. The average Bonchev–Trinajstić information content (AvgIpc) is 3.38. The number of halogens is 1. The Morgan fingerprint density at radius 2 is 1.67 bits per heavy atom. The quantitative estimate of drug-likeness (QED) is 0.737. The van der Waals surface area contributed by atoms with Gasteiger partial charge in [-0.15, -0.1) is 0 Å². The van der Waals surface area contributed by atoms with Crippen molar-refractivity contribution in [2.24, 2.45) is 0 Å². The van der Waals surface area contributed by atoms with Crippen LogP contribution in [0.1, 0.15) is 34.3 Å². The van der Waals surface area contributed by atoms with Gasteiger partial charge < -0.3 is 4.90 Å². The van der Waals surface area contributed by atoms with Crippen LogP contribution >= 0.6 is 15.9 Å². The minimum atomic E-state index is 0.141. The average molecular weight is 344 g/mol. The third-order valence-electron chi connectivity index (χ3n) is 3.80. The molecule has 3 heteroatoms. The van der Waals surface area contributed by atoms with E-state index in [9.17, 15) is 4.79 Å². The van der Waals surface area contributed by atoms with Gasteiger partial charge in [-0.25, -0.2) is 0 Å². The van der Waals surface area contributed by atoms with Gasteiger partial charge in [0.15, 0.2) is 0 Å². The fourth-order valence-electron chi connectivity index (χ4n) is 2.44. The van der Waals surface area contributed by atoms with E-state index < -0.39 is 0 Å². The first-order valence-corrected chi connectivity index (χ1v) is 8.40. The van der Waals surface area contributed by atoms with Crippen LogP contribution in [-0.4, -0.2) is 16.8 Å². The molecule has 0 heterocycles. The molecule has 0 unspecified atom stereocenters. The molecule has 1 fully saturated rings. The molecular formula is C18H18BrNO. The van der Waals surface area contributed by atoms with Crippen LogP contribution < -0.4 is 0 Å². The predicted octanol–water partition coefficient (Wildman–Crippen LogP) is 4.39. The van der Waals surface area contributed by atoms with Gasteiger partial charge in [-0.3, -0.25) is 4.79 Å². The molecule has 1 aliphatic carbocycles. The lowest BCUT2D eigenvalue weighted by atomic mass is 10.1. The maximum atomic E-state index is 12.7. The number of alkyl halides is 1. The third-order valence-corrected chi connectivity index (χ3v) is 4.45. The van der Waals surface area contributed by atoms with Crippen molar-refractivity contribution in [3.63, 3.8) is 0 Å². The van der Waals surface area contributed by atoms with Gasteiger partial charge in [0, 0.05) is 23.5 Å². The van der Waals surface area contributed by atoms with Crippen LogP contribution in [0, 0.1) is 0 Å². The van der Waals surface area contributed by atoms with E-state index in [0.717, 1.165) is 23.7 Å². The molecule has 1 aliphatic rings. The molecule has 2 nitrogen and oxygen atoms in total. The summed E-state index contributed by atoms with van der Waals surface area (Å²) in [6, 6.07) is 18.5. The normalized spacial score (nSPS) is 14.0. The summed E-state index contributed by atoms with van der Waals surface area (Å²) in [5, 5.41) is 0.817. The maximum Gasteiger partial charge on any atom is 0.254 e. The number of carbonyl (C=O) groups is 1. The van der Waals surface area contributed by atoms with Crippen molar-refractivity contribution in [2.75, 3.05) is 0 Å². The van der Waals surface area contributed by atoms with Gasteiger partial charge in [0.25, 0.3) is 5.91 Å². The molecular weight excluding hydrogens is 326 g/mol. The molecule has 0 spiro atoms. The van der Waals surface area contributed by atoms with Gasteiger partial charge >= 0.3 is 0 Å². The first kappa shape index (κ1) is 14.3. The van der Waals surface area contributed by atoms with Gasteiger partial charge in [-0.2, -0.15) is 0 Å². The highest BCUT2D eigenvalue weighted by Gasteiger charge is 2.32. The van der Waals surface area contributed by atoms with Crippen LogP contribution in [-0.2, 0) is 11.9 Å². The number of carbonyl (C=O) groups excluding carboxylic acids is 1. The largest absolute Gasteiger partial charge is 0.331 e. The lowest BCUT2D eigenvalue weighted by molar-refractivity contribution is 0.0730. The Balaban J connectivity index is 1.78. The SMILES string of the molecule is O=C(c1ccc(CBr)cc1)N(Cc1ccccc1)C1CC1. The fourth-order valence-corrected chi connectivity index (χ4v) is 2.81. The lowest BCUT2D eigenvalue weighted by Gasteiger charge is -2.22. The van der Waals surface area contributed by atoms with E-state index in [2.05, 4.69) is 28.1 Å². The molecule has 0 aliphatic heterocycles. The molecule has 0 aromatic heterocycles.